The van der Waals surface area contributed by atoms with Gasteiger partial charge < -0.3 is 14.8 Å². The average molecular weight is 401 g/mol. The lowest BCUT2D eigenvalue weighted by Gasteiger charge is -2.31. The number of rotatable bonds is 5. The summed E-state index contributed by atoms with van der Waals surface area (Å²) in [4.78, 5) is 36.0. The number of nitriles is 1. The van der Waals surface area contributed by atoms with E-state index in [0.29, 0.717) is 18.5 Å². The smallest absolute Gasteiger partial charge is 0.412 e. The van der Waals surface area contributed by atoms with Crippen molar-refractivity contribution in [2.45, 2.75) is 64.0 Å². The Bertz CT molecular complexity index is 784. The lowest BCUT2D eigenvalue weighted by molar-refractivity contribution is -0.125. The summed E-state index contributed by atoms with van der Waals surface area (Å²) in [6, 6.07) is 8.21. The van der Waals surface area contributed by atoms with Gasteiger partial charge in [-0.3, -0.25) is 10.1 Å². The summed E-state index contributed by atoms with van der Waals surface area (Å²) in [5, 5.41) is 14.6. The second-order valence-electron chi connectivity index (χ2n) is 8.08. The Hall–Kier alpha value is -3.08. The minimum absolute atomic E-state index is 0.236. The van der Waals surface area contributed by atoms with E-state index in [1.54, 1.807) is 20.8 Å². The molecule has 0 aliphatic heterocycles. The molecule has 1 saturated carbocycles. The van der Waals surface area contributed by atoms with Crippen LogP contribution in [0.3, 0.4) is 0 Å². The number of benzene rings is 1. The zero-order valence-corrected chi connectivity index (χ0v) is 17.0. The van der Waals surface area contributed by atoms with E-state index in [-0.39, 0.29) is 5.56 Å². The van der Waals surface area contributed by atoms with Crippen molar-refractivity contribution in [1.82, 2.24) is 5.32 Å². The van der Waals surface area contributed by atoms with Crippen molar-refractivity contribution in [3.63, 3.8) is 0 Å². The molecule has 156 valence electrons. The maximum Gasteiger partial charge on any atom is 0.412 e. The highest BCUT2D eigenvalue weighted by Gasteiger charge is 2.33. The van der Waals surface area contributed by atoms with Gasteiger partial charge in [-0.1, -0.05) is 19.3 Å². The van der Waals surface area contributed by atoms with Gasteiger partial charge in [0.25, 0.3) is 5.91 Å². The summed E-state index contributed by atoms with van der Waals surface area (Å²) in [5.41, 5.74) is -0.783. The molecule has 8 nitrogen and oxygen atoms in total. The van der Waals surface area contributed by atoms with Gasteiger partial charge in [-0.2, -0.15) is 5.26 Å². The molecule has 2 N–H and O–H groups in total. The van der Waals surface area contributed by atoms with E-state index in [1.807, 2.05) is 0 Å². The molecule has 1 aromatic rings. The summed E-state index contributed by atoms with van der Waals surface area (Å²) in [7, 11) is 0. The van der Waals surface area contributed by atoms with Gasteiger partial charge in [-0.25, -0.2) is 9.59 Å². The van der Waals surface area contributed by atoms with E-state index >= 15 is 0 Å². The molecule has 1 aromatic carbocycles. The minimum atomic E-state index is -0.864. The van der Waals surface area contributed by atoms with Crippen LogP contribution >= 0.6 is 0 Å². The van der Waals surface area contributed by atoms with Crippen molar-refractivity contribution in [3.8, 4) is 6.07 Å². The number of amides is 2. The normalized spacial score (nSPS) is 15.5. The Kier molecular flexibility index (Phi) is 7.21. The van der Waals surface area contributed by atoms with Crippen molar-refractivity contribution >= 4 is 23.7 Å². The van der Waals surface area contributed by atoms with E-state index in [1.165, 1.54) is 24.3 Å². The van der Waals surface area contributed by atoms with Crippen LogP contribution in [0.4, 0.5) is 10.5 Å². The number of nitrogens with one attached hydrogen (secondary N) is 2. The second kappa shape index (κ2) is 9.41. The monoisotopic (exact) mass is 401 g/mol. The Morgan fingerprint density at radius 1 is 1.10 bits per heavy atom. The zero-order chi connectivity index (χ0) is 21.5. The second-order valence-corrected chi connectivity index (χ2v) is 8.08. The van der Waals surface area contributed by atoms with Gasteiger partial charge in [0.1, 0.15) is 11.1 Å². The SMILES string of the molecule is CC(C)(C)OC(=O)Nc1ccc(C(=O)OCC(=O)NC2(C#N)CCCCC2)cc1. The molecular formula is C21H27N3O5. The van der Waals surface area contributed by atoms with Gasteiger partial charge in [0.15, 0.2) is 6.61 Å². The molecule has 0 bridgehead atoms. The topological polar surface area (TPSA) is 118 Å². The Labute approximate surface area is 170 Å². The molecule has 0 saturated heterocycles. The minimum Gasteiger partial charge on any atom is -0.452 e. The Morgan fingerprint density at radius 3 is 2.28 bits per heavy atom. The van der Waals surface area contributed by atoms with Gasteiger partial charge in [0, 0.05) is 5.69 Å². The van der Waals surface area contributed by atoms with Gasteiger partial charge in [-0.05, 0) is 57.9 Å². The third-order valence-corrected chi connectivity index (χ3v) is 4.40. The van der Waals surface area contributed by atoms with Crippen molar-refractivity contribution in [3.05, 3.63) is 29.8 Å². The van der Waals surface area contributed by atoms with E-state index < -0.39 is 35.7 Å². The third kappa shape index (κ3) is 7.11. The highest BCUT2D eigenvalue weighted by atomic mass is 16.6. The number of hydrogen-bond donors (Lipinski definition) is 2. The summed E-state index contributed by atoms with van der Waals surface area (Å²) in [6.07, 6.45) is 3.44. The number of ether oxygens (including phenoxy) is 2. The number of anilines is 1. The third-order valence-electron chi connectivity index (χ3n) is 4.40. The van der Waals surface area contributed by atoms with Crippen molar-refractivity contribution in [2.75, 3.05) is 11.9 Å². The first-order chi connectivity index (χ1) is 13.6. The quantitative estimate of drug-likeness (QED) is 0.729. The fourth-order valence-corrected chi connectivity index (χ4v) is 3.05. The van der Waals surface area contributed by atoms with Crippen LogP contribution in [0.15, 0.2) is 24.3 Å². The van der Waals surface area contributed by atoms with Crippen LogP contribution in [0, 0.1) is 11.3 Å². The molecule has 29 heavy (non-hydrogen) atoms. The largest absolute Gasteiger partial charge is 0.452 e. The van der Waals surface area contributed by atoms with E-state index in [9.17, 15) is 19.6 Å². The molecule has 0 heterocycles. The first kappa shape index (κ1) is 22.2. The molecule has 0 aromatic heterocycles. The van der Waals surface area contributed by atoms with Crippen LogP contribution in [0.2, 0.25) is 0 Å². The number of hydrogen-bond acceptors (Lipinski definition) is 6. The van der Waals surface area contributed by atoms with Gasteiger partial charge in [0.05, 0.1) is 11.6 Å². The fourth-order valence-electron chi connectivity index (χ4n) is 3.05. The maximum absolute atomic E-state index is 12.1. The van der Waals surface area contributed by atoms with Crippen molar-refractivity contribution in [2.24, 2.45) is 0 Å². The number of esters is 1. The zero-order valence-electron chi connectivity index (χ0n) is 17.0. The van der Waals surface area contributed by atoms with Crippen LogP contribution in [-0.2, 0) is 14.3 Å². The molecule has 0 atom stereocenters. The van der Waals surface area contributed by atoms with Gasteiger partial charge in [0.2, 0.25) is 0 Å². The van der Waals surface area contributed by atoms with Crippen LogP contribution < -0.4 is 10.6 Å². The van der Waals surface area contributed by atoms with Crippen molar-refractivity contribution in [1.29, 1.82) is 5.26 Å². The Morgan fingerprint density at radius 2 is 1.72 bits per heavy atom. The van der Waals surface area contributed by atoms with Crippen LogP contribution in [-0.4, -0.2) is 35.7 Å². The van der Waals surface area contributed by atoms with Crippen LogP contribution in [0.25, 0.3) is 0 Å². The molecular weight excluding hydrogens is 374 g/mol. The molecule has 2 rings (SSSR count). The summed E-state index contributed by atoms with van der Waals surface area (Å²) in [6.45, 7) is 4.82. The lowest BCUT2D eigenvalue weighted by Crippen LogP contribution is -2.50. The molecule has 8 heteroatoms. The van der Waals surface area contributed by atoms with Crippen molar-refractivity contribution < 1.29 is 23.9 Å². The fraction of sp³-hybridized carbons (Fsp3) is 0.524. The van der Waals surface area contributed by atoms with Crippen LogP contribution in [0.5, 0.6) is 0 Å². The van der Waals surface area contributed by atoms with Crippen LogP contribution in [0.1, 0.15) is 63.2 Å². The first-order valence-electron chi connectivity index (χ1n) is 9.62. The van der Waals surface area contributed by atoms with Gasteiger partial charge >= 0.3 is 12.1 Å². The van der Waals surface area contributed by atoms with Gasteiger partial charge in [-0.15, -0.1) is 0 Å². The molecule has 1 aliphatic carbocycles. The van der Waals surface area contributed by atoms with E-state index in [4.69, 9.17) is 9.47 Å². The summed E-state index contributed by atoms with van der Waals surface area (Å²) < 4.78 is 10.2. The number of nitrogens with zero attached hydrogens (tertiary/aromatic N) is 1. The standard InChI is InChI=1S/C21H27N3O5/c1-20(2,3)29-19(27)23-16-9-7-15(8-10-16)18(26)28-13-17(25)24-21(14-22)11-5-4-6-12-21/h7-10H,4-6,11-13H2,1-3H3,(H,23,27)(H,24,25). The predicted molar refractivity (Wildman–Crippen MR) is 106 cm³/mol. The lowest BCUT2D eigenvalue weighted by atomic mass is 9.83. The first-order valence-corrected chi connectivity index (χ1v) is 9.62. The summed E-state index contributed by atoms with van der Waals surface area (Å²) >= 11 is 0. The van der Waals surface area contributed by atoms with E-state index in [2.05, 4.69) is 16.7 Å². The Balaban J connectivity index is 1.84. The number of carbonyl (C=O) groups is 3. The van der Waals surface area contributed by atoms with E-state index in [0.717, 1.165) is 19.3 Å². The summed E-state index contributed by atoms with van der Waals surface area (Å²) in [5.74, 6) is -1.16. The molecule has 0 radical (unpaired) electrons. The molecule has 0 spiro atoms. The molecule has 1 aliphatic rings. The highest BCUT2D eigenvalue weighted by molar-refractivity contribution is 5.92. The average Bonchev–Trinajstić information content (AvgIpc) is 2.66. The highest BCUT2D eigenvalue weighted by Crippen LogP contribution is 2.27. The molecule has 2 amide bonds. The molecule has 0 unspecified atom stereocenters. The number of carbonyl (C=O) groups excluding carboxylic acids is 3. The molecule has 1 fully saturated rings. The predicted octanol–water partition coefficient (Wildman–Crippen LogP) is 3.53. The maximum atomic E-state index is 12.1.